The van der Waals surface area contributed by atoms with E-state index in [1.54, 1.807) is 13.2 Å². The zero-order valence-electron chi connectivity index (χ0n) is 11.2. The van der Waals surface area contributed by atoms with Crippen LogP contribution in [0.1, 0.15) is 33.3 Å². The second kappa shape index (κ2) is 5.17. The van der Waals surface area contributed by atoms with Crippen molar-refractivity contribution in [3.8, 4) is 5.75 Å². The summed E-state index contributed by atoms with van der Waals surface area (Å²) in [7, 11) is 1.64. The monoisotopic (exact) mass is 232 g/mol. The van der Waals surface area contributed by atoms with Crippen molar-refractivity contribution in [1.82, 2.24) is 0 Å². The number of carbonyl (C=O) groups is 1. The van der Waals surface area contributed by atoms with Crippen molar-refractivity contribution < 1.29 is 9.53 Å². The molecule has 0 N–H and O–H groups in total. The lowest BCUT2D eigenvalue weighted by Crippen LogP contribution is -2.17. The Morgan fingerprint density at radius 3 is 2.12 bits per heavy atom. The normalized spacial score (nSPS) is 12.4. The molecule has 0 fully saturated rings. The lowest BCUT2D eigenvalue weighted by atomic mass is 9.89. The van der Waals surface area contributed by atoms with Gasteiger partial charge < -0.3 is 4.74 Å². The van der Waals surface area contributed by atoms with Crippen molar-refractivity contribution in [1.29, 1.82) is 0 Å². The van der Waals surface area contributed by atoms with E-state index in [2.05, 4.69) is 0 Å². The number of benzene rings is 1. The summed E-state index contributed by atoms with van der Waals surface area (Å²) in [5.41, 5.74) is 1.70. The van der Waals surface area contributed by atoms with Crippen LogP contribution < -0.4 is 4.74 Å². The number of rotatable bonds is 3. The minimum Gasteiger partial charge on any atom is -0.497 e. The summed E-state index contributed by atoms with van der Waals surface area (Å²) in [6, 6.07) is 7.71. The molecule has 0 spiro atoms. The topological polar surface area (TPSA) is 26.3 Å². The Balaban J connectivity index is 2.92. The Morgan fingerprint density at radius 1 is 1.18 bits per heavy atom. The third-order valence-electron chi connectivity index (χ3n) is 2.63. The van der Waals surface area contributed by atoms with Crippen molar-refractivity contribution in [3.63, 3.8) is 0 Å². The highest BCUT2D eigenvalue weighted by Crippen LogP contribution is 2.21. The highest BCUT2D eigenvalue weighted by atomic mass is 16.5. The fourth-order valence-corrected chi connectivity index (χ4v) is 1.35. The fraction of sp³-hybridized carbons (Fsp3) is 0.400. The van der Waals surface area contributed by atoms with Gasteiger partial charge in [0.15, 0.2) is 5.78 Å². The average molecular weight is 232 g/mol. The van der Waals surface area contributed by atoms with E-state index in [9.17, 15) is 4.79 Å². The molecule has 92 valence electrons. The predicted octanol–water partition coefficient (Wildman–Crippen LogP) is 3.71. The molecule has 0 saturated carbocycles. The van der Waals surface area contributed by atoms with Crippen LogP contribution in [0, 0.1) is 5.41 Å². The zero-order valence-corrected chi connectivity index (χ0v) is 11.2. The quantitative estimate of drug-likeness (QED) is 0.742. The van der Waals surface area contributed by atoms with Gasteiger partial charge in [-0.25, -0.2) is 0 Å². The lowest BCUT2D eigenvalue weighted by molar-refractivity contribution is -0.121. The maximum Gasteiger partial charge on any atom is 0.161 e. The van der Waals surface area contributed by atoms with Gasteiger partial charge in [-0.05, 0) is 36.3 Å². The van der Waals surface area contributed by atoms with Gasteiger partial charge in [-0.3, -0.25) is 4.79 Å². The first-order valence-corrected chi connectivity index (χ1v) is 5.72. The van der Waals surface area contributed by atoms with Gasteiger partial charge in [-0.15, -0.1) is 0 Å². The third-order valence-corrected chi connectivity index (χ3v) is 2.63. The van der Waals surface area contributed by atoms with Gasteiger partial charge in [0.1, 0.15) is 5.75 Å². The Kier molecular flexibility index (Phi) is 4.11. The van der Waals surface area contributed by atoms with Crippen LogP contribution in [0.25, 0.3) is 5.57 Å². The Labute approximate surface area is 103 Å². The SMILES string of the molecule is COc1ccc(/C(C)=C/C(=O)C(C)(C)C)cc1. The summed E-state index contributed by atoms with van der Waals surface area (Å²) in [4.78, 5) is 11.9. The Hall–Kier alpha value is -1.57. The number of ketones is 1. The standard InChI is InChI=1S/C15H20O2/c1-11(10-14(16)15(2,3)4)12-6-8-13(17-5)9-7-12/h6-10H,1-5H3/b11-10+. The summed E-state index contributed by atoms with van der Waals surface area (Å²) < 4.78 is 5.10. The van der Waals surface area contributed by atoms with Crippen LogP contribution >= 0.6 is 0 Å². The van der Waals surface area contributed by atoms with Crippen LogP contribution in [0.4, 0.5) is 0 Å². The molecule has 0 aliphatic heterocycles. The number of allylic oxidation sites excluding steroid dienone is 2. The lowest BCUT2D eigenvalue weighted by Gasteiger charge is -2.14. The molecule has 0 saturated heterocycles. The van der Waals surface area contributed by atoms with Crippen molar-refractivity contribution in [2.24, 2.45) is 5.41 Å². The van der Waals surface area contributed by atoms with Gasteiger partial charge in [0.25, 0.3) is 0 Å². The smallest absolute Gasteiger partial charge is 0.161 e. The van der Waals surface area contributed by atoms with Gasteiger partial charge in [0, 0.05) is 5.41 Å². The fourth-order valence-electron chi connectivity index (χ4n) is 1.35. The molecule has 2 nitrogen and oxygen atoms in total. The second-order valence-corrected chi connectivity index (χ2v) is 5.17. The van der Waals surface area contributed by atoms with Gasteiger partial charge in [-0.2, -0.15) is 0 Å². The number of hydrogen-bond acceptors (Lipinski definition) is 2. The maximum absolute atomic E-state index is 11.9. The number of hydrogen-bond donors (Lipinski definition) is 0. The maximum atomic E-state index is 11.9. The first kappa shape index (κ1) is 13.5. The molecule has 0 unspecified atom stereocenters. The van der Waals surface area contributed by atoms with Gasteiger partial charge in [-0.1, -0.05) is 32.9 Å². The number of methoxy groups -OCH3 is 1. The molecule has 0 atom stereocenters. The molecular formula is C15H20O2. The molecule has 17 heavy (non-hydrogen) atoms. The van der Waals surface area contributed by atoms with Gasteiger partial charge >= 0.3 is 0 Å². The van der Waals surface area contributed by atoms with E-state index in [-0.39, 0.29) is 11.2 Å². The van der Waals surface area contributed by atoms with E-state index < -0.39 is 0 Å². The van der Waals surface area contributed by atoms with E-state index in [4.69, 9.17) is 4.74 Å². The highest BCUT2D eigenvalue weighted by Gasteiger charge is 2.18. The minimum absolute atomic E-state index is 0.144. The minimum atomic E-state index is -0.326. The highest BCUT2D eigenvalue weighted by molar-refractivity contribution is 5.99. The Bertz CT molecular complexity index is 419. The molecule has 0 amide bonds. The van der Waals surface area contributed by atoms with E-state index in [0.29, 0.717) is 0 Å². The second-order valence-electron chi connectivity index (χ2n) is 5.17. The van der Waals surface area contributed by atoms with Crippen molar-refractivity contribution >= 4 is 11.4 Å². The predicted molar refractivity (Wildman–Crippen MR) is 71.1 cm³/mol. The summed E-state index contributed by atoms with van der Waals surface area (Å²) in [5, 5.41) is 0. The molecule has 0 radical (unpaired) electrons. The molecule has 1 aromatic rings. The summed E-state index contributed by atoms with van der Waals surface area (Å²) in [6.45, 7) is 7.72. The molecule has 1 rings (SSSR count). The molecule has 0 aliphatic carbocycles. The van der Waals surface area contributed by atoms with E-state index >= 15 is 0 Å². The van der Waals surface area contributed by atoms with Crippen molar-refractivity contribution in [3.05, 3.63) is 35.9 Å². The first-order chi connectivity index (χ1) is 7.84. The number of ether oxygens (including phenoxy) is 1. The van der Waals surface area contributed by atoms with Crippen molar-refractivity contribution in [2.75, 3.05) is 7.11 Å². The van der Waals surface area contributed by atoms with E-state index in [1.165, 1.54) is 0 Å². The third kappa shape index (κ3) is 3.74. The molecule has 0 aromatic heterocycles. The largest absolute Gasteiger partial charge is 0.497 e. The van der Waals surface area contributed by atoms with E-state index in [0.717, 1.165) is 16.9 Å². The van der Waals surface area contributed by atoms with Crippen LogP contribution in [0.3, 0.4) is 0 Å². The first-order valence-electron chi connectivity index (χ1n) is 5.72. The van der Waals surface area contributed by atoms with Crippen LogP contribution in [0.5, 0.6) is 5.75 Å². The summed E-state index contributed by atoms with van der Waals surface area (Å²) in [6.07, 6.45) is 1.71. The van der Waals surface area contributed by atoms with E-state index in [1.807, 2.05) is 52.0 Å². The zero-order chi connectivity index (χ0) is 13.1. The molecule has 0 heterocycles. The average Bonchev–Trinajstić information content (AvgIpc) is 2.27. The molecule has 0 bridgehead atoms. The summed E-state index contributed by atoms with van der Waals surface area (Å²) in [5.74, 6) is 0.967. The van der Waals surface area contributed by atoms with Gasteiger partial charge in [0.2, 0.25) is 0 Å². The van der Waals surface area contributed by atoms with Crippen molar-refractivity contribution in [2.45, 2.75) is 27.7 Å². The molecule has 0 aliphatic rings. The van der Waals surface area contributed by atoms with Crippen LogP contribution in [-0.4, -0.2) is 12.9 Å². The van der Waals surface area contributed by atoms with Gasteiger partial charge in [0.05, 0.1) is 7.11 Å². The molecule has 2 heteroatoms. The number of carbonyl (C=O) groups excluding carboxylic acids is 1. The van der Waals surface area contributed by atoms with Crippen LogP contribution in [0.15, 0.2) is 30.3 Å². The Morgan fingerprint density at radius 2 is 1.71 bits per heavy atom. The molecule has 1 aromatic carbocycles. The molecular weight excluding hydrogens is 212 g/mol. The van der Waals surface area contributed by atoms with Crippen LogP contribution in [0.2, 0.25) is 0 Å². The van der Waals surface area contributed by atoms with Crippen LogP contribution in [-0.2, 0) is 4.79 Å². The summed E-state index contributed by atoms with van der Waals surface area (Å²) >= 11 is 0.